The van der Waals surface area contributed by atoms with Gasteiger partial charge in [-0.25, -0.2) is 0 Å². The van der Waals surface area contributed by atoms with Crippen molar-refractivity contribution in [3.63, 3.8) is 0 Å². The normalized spacial score (nSPS) is 20.8. The zero-order chi connectivity index (χ0) is 13.6. The van der Waals surface area contributed by atoms with Crippen molar-refractivity contribution >= 4 is 0 Å². The Labute approximate surface area is 114 Å². The monoisotopic (exact) mass is 253 g/mol. The molecule has 18 heavy (non-hydrogen) atoms. The van der Waals surface area contributed by atoms with Crippen LogP contribution in [0.2, 0.25) is 0 Å². The van der Waals surface area contributed by atoms with Gasteiger partial charge in [0.2, 0.25) is 0 Å². The standard InChI is InChI=1S/C7H11N.C7H14O.C2H6/c8-6-7-4-2-1-3-5-7;1-8-7-5-3-2-4-6-7;1-2/h7H,1-5H2;7H,2-6H2,1H3;1-2H3. The molecule has 0 radical (unpaired) electrons. The molecule has 0 aromatic carbocycles. The van der Waals surface area contributed by atoms with Gasteiger partial charge in [0, 0.05) is 13.0 Å². The van der Waals surface area contributed by atoms with Crippen LogP contribution in [0.3, 0.4) is 0 Å². The third-order valence-electron chi connectivity index (χ3n) is 3.67. The van der Waals surface area contributed by atoms with E-state index in [4.69, 9.17) is 10.00 Å². The Morgan fingerprint density at radius 1 is 0.833 bits per heavy atom. The van der Waals surface area contributed by atoms with Crippen molar-refractivity contribution in [2.75, 3.05) is 7.11 Å². The quantitative estimate of drug-likeness (QED) is 0.652. The Balaban J connectivity index is 0.000000283. The van der Waals surface area contributed by atoms with Crippen molar-refractivity contribution in [2.45, 2.75) is 84.2 Å². The average Bonchev–Trinajstić information content (AvgIpc) is 2.51. The summed E-state index contributed by atoms with van der Waals surface area (Å²) in [6.07, 6.45) is 13.5. The smallest absolute Gasteiger partial charge is 0.0655 e. The largest absolute Gasteiger partial charge is 0.381 e. The minimum Gasteiger partial charge on any atom is -0.381 e. The van der Waals surface area contributed by atoms with Gasteiger partial charge >= 0.3 is 0 Å². The second-order valence-electron chi connectivity index (χ2n) is 4.96. The third kappa shape index (κ3) is 8.53. The molecule has 2 heteroatoms. The number of hydrogen-bond donors (Lipinski definition) is 0. The number of rotatable bonds is 1. The number of ether oxygens (including phenoxy) is 1. The summed E-state index contributed by atoms with van der Waals surface area (Å²) in [7, 11) is 1.82. The van der Waals surface area contributed by atoms with Crippen molar-refractivity contribution in [3.8, 4) is 6.07 Å². The number of nitriles is 1. The average molecular weight is 253 g/mol. The second kappa shape index (κ2) is 12.9. The fourth-order valence-electron chi connectivity index (χ4n) is 2.53. The molecule has 0 aliphatic heterocycles. The van der Waals surface area contributed by atoms with Gasteiger partial charge in [-0.3, -0.25) is 0 Å². The highest BCUT2D eigenvalue weighted by Gasteiger charge is 2.11. The van der Waals surface area contributed by atoms with E-state index in [-0.39, 0.29) is 0 Å². The highest BCUT2D eigenvalue weighted by molar-refractivity contribution is 4.84. The van der Waals surface area contributed by atoms with E-state index in [1.165, 1.54) is 51.4 Å². The van der Waals surface area contributed by atoms with Gasteiger partial charge in [-0.1, -0.05) is 52.4 Å². The molecule has 106 valence electrons. The topological polar surface area (TPSA) is 33.0 Å². The Hall–Kier alpha value is -0.550. The molecule has 0 heterocycles. The molecular weight excluding hydrogens is 222 g/mol. The molecular formula is C16H31NO. The molecule has 0 saturated heterocycles. The first kappa shape index (κ1) is 17.4. The Morgan fingerprint density at radius 2 is 1.28 bits per heavy atom. The zero-order valence-corrected chi connectivity index (χ0v) is 12.6. The van der Waals surface area contributed by atoms with Crippen molar-refractivity contribution in [1.29, 1.82) is 5.26 Å². The van der Waals surface area contributed by atoms with E-state index in [1.54, 1.807) is 0 Å². The molecule has 2 aliphatic rings. The first-order chi connectivity index (χ1) is 8.86. The molecule has 2 saturated carbocycles. The summed E-state index contributed by atoms with van der Waals surface area (Å²) in [5.41, 5.74) is 0. The zero-order valence-electron chi connectivity index (χ0n) is 12.6. The van der Waals surface area contributed by atoms with Crippen molar-refractivity contribution < 1.29 is 4.74 Å². The molecule has 0 aromatic rings. The Morgan fingerprint density at radius 3 is 1.56 bits per heavy atom. The van der Waals surface area contributed by atoms with Crippen LogP contribution in [0.4, 0.5) is 0 Å². The van der Waals surface area contributed by atoms with E-state index in [0.29, 0.717) is 12.0 Å². The highest BCUT2D eigenvalue weighted by atomic mass is 16.5. The van der Waals surface area contributed by atoms with E-state index >= 15 is 0 Å². The van der Waals surface area contributed by atoms with Crippen molar-refractivity contribution in [3.05, 3.63) is 0 Å². The fourth-order valence-corrected chi connectivity index (χ4v) is 2.53. The van der Waals surface area contributed by atoms with Crippen LogP contribution in [-0.2, 0) is 4.74 Å². The van der Waals surface area contributed by atoms with Crippen LogP contribution in [0.15, 0.2) is 0 Å². The van der Waals surface area contributed by atoms with Gasteiger partial charge in [-0.05, 0) is 25.7 Å². The molecule has 2 fully saturated rings. The lowest BCUT2D eigenvalue weighted by Gasteiger charge is -2.19. The van der Waals surface area contributed by atoms with Gasteiger partial charge in [0.25, 0.3) is 0 Å². The van der Waals surface area contributed by atoms with Crippen LogP contribution in [0.1, 0.15) is 78.1 Å². The lowest BCUT2D eigenvalue weighted by molar-refractivity contribution is 0.0710. The Kier molecular flexibility index (Phi) is 12.5. The molecule has 0 bridgehead atoms. The van der Waals surface area contributed by atoms with Gasteiger partial charge in [0.05, 0.1) is 12.2 Å². The molecule has 0 aromatic heterocycles. The summed E-state index contributed by atoms with van der Waals surface area (Å²) in [5.74, 6) is 0.392. The van der Waals surface area contributed by atoms with Crippen LogP contribution in [-0.4, -0.2) is 13.2 Å². The number of hydrogen-bond acceptors (Lipinski definition) is 2. The molecule has 0 N–H and O–H groups in total. The minimum atomic E-state index is 0.392. The summed E-state index contributed by atoms with van der Waals surface area (Å²) >= 11 is 0. The summed E-state index contributed by atoms with van der Waals surface area (Å²) < 4.78 is 5.19. The van der Waals surface area contributed by atoms with Crippen LogP contribution in [0, 0.1) is 17.2 Å². The summed E-state index contributed by atoms with van der Waals surface area (Å²) in [6.45, 7) is 4.00. The summed E-state index contributed by atoms with van der Waals surface area (Å²) in [6, 6.07) is 2.30. The first-order valence-electron chi connectivity index (χ1n) is 7.79. The van der Waals surface area contributed by atoms with Gasteiger partial charge in [0.15, 0.2) is 0 Å². The van der Waals surface area contributed by atoms with Crippen molar-refractivity contribution in [1.82, 2.24) is 0 Å². The van der Waals surface area contributed by atoms with Gasteiger partial charge in [-0.15, -0.1) is 0 Å². The Bertz CT molecular complexity index is 198. The molecule has 0 atom stereocenters. The van der Waals surface area contributed by atoms with E-state index in [2.05, 4.69) is 6.07 Å². The lowest BCUT2D eigenvalue weighted by atomic mass is 9.91. The molecule has 2 aliphatic carbocycles. The van der Waals surface area contributed by atoms with E-state index in [9.17, 15) is 0 Å². The van der Waals surface area contributed by atoms with Crippen LogP contribution in [0.5, 0.6) is 0 Å². The third-order valence-corrected chi connectivity index (χ3v) is 3.67. The van der Waals surface area contributed by atoms with E-state index < -0.39 is 0 Å². The van der Waals surface area contributed by atoms with Crippen molar-refractivity contribution in [2.24, 2.45) is 5.92 Å². The maximum absolute atomic E-state index is 8.44. The van der Waals surface area contributed by atoms with Gasteiger partial charge in [-0.2, -0.15) is 5.26 Å². The summed E-state index contributed by atoms with van der Waals surface area (Å²) in [5, 5.41) is 8.44. The SMILES string of the molecule is CC.COC1CCCCC1.N#CC1CCCCC1. The number of methoxy groups -OCH3 is 1. The fraction of sp³-hybridized carbons (Fsp3) is 0.938. The molecule has 2 rings (SSSR count). The number of nitrogens with zero attached hydrogens (tertiary/aromatic N) is 1. The van der Waals surface area contributed by atoms with E-state index in [0.717, 1.165) is 12.8 Å². The van der Waals surface area contributed by atoms with Gasteiger partial charge < -0.3 is 4.74 Å². The molecule has 0 amide bonds. The minimum absolute atomic E-state index is 0.392. The maximum atomic E-state index is 8.44. The van der Waals surface area contributed by atoms with Crippen LogP contribution in [0.25, 0.3) is 0 Å². The lowest BCUT2D eigenvalue weighted by Crippen LogP contribution is -2.13. The molecule has 0 unspecified atom stereocenters. The second-order valence-corrected chi connectivity index (χ2v) is 4.96. The molecule has 2 nitrogen and oxygen atoms in total. The van der Waals surface area contributed by atoms with Crippen LogP contribution >= 0.6 is 0 Å². The first-order valence-corrected chi connectivity index (χ1v) is 7.79. The summed E-state index contributed by atoms with van der Waals surface area (Å²) in [4.78, 5) is 0. The van der Waals surface area contributed by atoms with E-state index in [1.807, 2.05) is 21.0 Å². The maximum Gasteiger partial charge on any atom is 0.0655 e. The highest BCUT2D eigenvalue weighted by Crippen LogP contribution is 2.22. The van der Waals surface area contributed by atoms with Crippen LogP contribution < -0.4 is 0 Å². The van der Waals surface area contributed by atoms with Gasteiger partial charge in [0.1, 0.15) is 0 Å². The molecule has 0 spiro atoms. The predicted molar refractivity (Wildman–Crippen MR) is 77.4 cm³/mol. The predicted octanol–water partition coefficient (Wildman–Crippen LogP) is 5.08.